The quantitative estimate of drug-likeness (QED) is 0.293. The highest BCUT2D eigenvalue weighted by Crippen LogP contribution is 2.28. The average molecular weight is 433 g/mol. The maximum atomic E-state index is 5.76. The number of ether oxygens (including phenoxy) is 3. The van der Waals surface area contributed by atoms with Crippen LogP contribution in [0.15, 0.2) is 77.0 Å². The fourth-order valence-corrected chi connectivity index (χ4v) is 2.84. The van der Waals surface area contributed by atoms with Gasteiger partial charge in [-0.3, -0.25) is 10.4 Å². The number of rotatable bonds is 9. The Hall–Kier alpha value is -3.87. The summed E-state index contributed by atoms with van der Waals surface area (Å²) in [7, 11) is 1.62. The van der Waals surface area contributed by atoms with Crippen molar-refractivity contribution >= 4 is 17.7 Å². The van der Waals surface area contributed by atoms with Crippen LogP contribution < -0.4 is 19.6 Å². The lowest BCUT2D eigenvalue weighted by atomic mass is 10.2. The molecule has 3 aromatic rings. The van der Waals surface area contributed by atoms with E-state index < -0.39 is 0 Å². The summed E-state index contributed by atoms with van der Waals surface area (Å²) in [5, 5.41) is 4.36. The van der Waals surface area contributed by atoms with Gasteiger partial charge in [0, 0.05) is 6.20 Å². The molecule has 0 amide bonds. The molecule has 7 nitrogen and oxygen atoms in total. The van der Waals surface area contributed by atoms with E-state index in [4.69, 9.17) is 14.2 Å². The average Bonchev–Trinajstić information content (AvgIpc) is 2.81. The minimum Gasteiger partial charge on any atom is -0.494 e. The molecular formula is C25H28N4O3. The lowest BCUT2D eigenvalue weighted by Crippen LogP contribution is -2.20. The van der Waals surface area contributed by atoms with Crippen LogP contribution in [0.2, 0.25) is 0 Å². The highest BCUT2D eigenvalue weighted by Gasteiger charge is 2.08. The number of nitrogens with one attached hydrogen (secondary N) is 1. The molecule has 0 fully saturated rings. The standard InChI is InChI=1S/C25H28N4O3/c1-5-31-21-12-10-20(11-13-21)28-25(22-8-6-7-15-26-22)29-27-17-19-9-14-23(32-18(2)3)24(16-19)30-4/h6-18H,5H2,1-4H3,(H,28,29)/b27-17+. The van der Waals surface area contributed by atoms with Crippen molar-refractivity contribution in [3.63, 3.8) is 0 Å². The van der Waals surface area contributed by atoms with Gasteiger partial charge in [-0.1, -0.05) is 6.07 Å². The van der Waals surface area contributed by atoms with Crippen LogP contribution in [0.5, 0.6) is 17.2 Å². The van der Waals surface area contributed by atoms with Crippen molar-refractivity contribution in [1.82, 2.24) is 10.4 Å². The molecule has 32 heavy (non-hydrogen) atoms. The second-order valence-electron chi connectivity index (χ2n) is 7.05. The molecule has 0 bridgehead atoms. The Bertz CT molecular complexity index is 1050. The van der Waals surface area contributed by atoms with Crippen LogP contribution in [0.25, 0.3) is 0 Å². The molecule has 1 N–H and O–H groups in total. The lowest BCUT2D eigenvalue weighted by Gasteiger charge is -2.13. The zero-order valence-corrected chi connectivity index (χ0v) is 18.8. The third-order valence-electron chi connectivity index (χ3n) is 4.23. The van der Waals surface area contributed by atoms with Gasteiger partial charge in [-0.2, -0.15) is 5.10 Å². The molecule has 0 unspecified atom stereocenters. The van der Waals surface area contributed by atoms with Crippen LogP contribution in [0, 0.1) is 0 Å². The third kappa shape index (κ3) is 6.57. The molecule has 0 aliphatic carbocycles. The number of benzene rings is 2. The highest BCUT2D eigenvalue weighted by atomic mass is 16.5. The van der Waals surface area contributed by atoms with Gasteiger partial charge in [0.2, 0.25) is 0 Å². The van der Waals surface area contributed by atoms with E-state index >= 15 is 0 Å². The molecule has 0 saturated carbocycles. The van der Waals surface area contributed by atoms with Gasteiger partial charge in [-0.15, -0.1) is 0 Å². The van der Waals surface area contributed by atoms with Crippen LogP contribution in [0.1, 0.15) is 32.0 Å². The lowest BCUT2D eigenvalue weighted by molar-refractivity contribution is 0.230. The first-order valence-electron chi connectivity index (χ1n) is 10.5. The van der Waals surface area contributed by atoms with Crippen LogP contribution >= 0.6 is 0 Å². The summed E-state index contributed by atoms with van der Waals surface area (Å²) in [6.45, 7) is 6.52. The Balaban J connectivity index is 1.81. The van der Waals surface area contributed by atoms with Crippen LogP contribution in [-0.2, 0) is 0 Å². The molecule has 0 saturated heterocycles. The number of nitrogens with zero attached hydrogens (tertiary/aromatic N) is 3. The molecule has 0 aliphatic heterocycles. The van der Waals surface area contributed by atoms with Gasteiger partial charge in [0.05, 0.1) is 31.7 Å². The maximum absolute atomic E-state index is 5.76. The Kier molecular flexibility index (Phi) is 8.20. The van der Waals surface area contributed by atoms with Gasteiger partial charge in [0.15, 0.2) is 17.3 Å². The zero-order valence-electron chi connectivity index (χ0n) is 18.8. The van der Waals surface area contributed by atoms with Crippen LogP contribution in [0.3, 0.4) is 0 Å². The summed E-state index contributed by atoms with van der Waals surface area (Å²) in [5.74, 6) is 2.67. The van der Waals surface area contributed by atoms with Crippen molar-refractivity contribution in [2.45, 2.75) is 26.9 Å². The summed E-state index contributed by atoms with van der Waals surface area (Å²) < 4.78 is 16.7. The summed E-state index contributed by atoms with van der Waals surface area (Å²) >= 11 is 0. The molecule has 3 rings (SSSR count). The van der Waals surface area contributed by atoms with Gasteiger partial charge < -0.3 is 14.2 Å². The summed E-state index contributed by atoms with van der Waals surface area (Å²) in [4.78, 5) is 9.06. The molecule has 166 valence electrons. The Labute approximate surface area is 188 Å². The first-order valence-corrected chi connectivity index (χ1v) is 10.5. The number of methoxy groups -OCH3 is 1. The molecule has 0 aliphatic rings. The Morgan fingerprint density at radius 2 is 1.88 bits per heavy atom. The summed E-state index contributed by atoms with van der Waals surface area (Å²) in [6, 6.07) is 18.8. The van der Waals surface area contributed by atoms with Crippen molar-refractivity contribution in [2.75, 3.05) is 13.7 Å². The second-order valence-corrected chi connectivity index (χ2v) is 7.05. The van der Waals surface area contributed by atoms with Gasteiger partial charge in [0.1, 0.15) is 11.4 Å². The number of hydrogen-bond donors (Lipinski definition) is 1. The smallest absolute Gasteiger partial charge is 0.172 e. The predicted octanol–water partition coefficient (Wildman–Crippen LogP) is 4.98. The number of hydrazone groups is 1. The van der Waals surface area contributed by atoms with Gasteiger partial charge in [-0.05, 0) is 80.9 Å². The zero-order chi connectivity index (χ0) is 22.8. The monoisotopic (exact) mass is 432 g/mol. The molecule has 0 atom stereocenters. The Morgan fingerprint density at radius 3 is 2.53 bits per heavy atom. The van der Waals surface area contributed by atoms with E-state index in [0.29, 0.717) is 29.6 Å². The molecule has 7 heteroatoms. The molecular weight excluding hydrogens is 404 g/mol. The van der Waals surface area contributed by atoms with E-state index in [1.165, 1.54) is 0 Å². The van der Waals surface area contributed by atoms with E-state index in [1.54, 1.807) is 19.5 Å². The van der Waals surface area contributed by atoms with Crippen molar-refractivity contribution in [2.24, 2.45) is 10.1 Å². The predicted molar refractivity (Wildman–Crippen MR) is 128 cm³/mol. The van der Waals surface area contributed by atoms with Crippen molar-refractivity contribution < 1.29 is 14.2 Å². The maximum Gasteiger partial charge on any atom is 0.172 e. The molecule has 0 radical (unpaired) electrons. The van der Waals surface area contributed by atoms with E-state index in [1.807, 2.05) is 81.4 Å². The summed E-state index contributed by atoms with van der Waals surface area (Å²) in [5.41, 5.74) is 5.30. The number of aromatic nitrogens is 1. The van der Waals surface area contributed by atoms with Gasteiger partial charge in [-0.25, -0.2) is 4.99 Å². The minimum atomic E-state index is 0.0600. The Morgan fingerprint density at radius 1 is 1.06 bits per heavy atom. The molecule has 0 spiro atoms. The number of pyridine rings is 1. The van der Waals surface area contributed by atoms with E-state index in [-0.39, 0.29) is 6.10 Å². The SMILES string of the molecule is CCOc1ccc(N=C(N/N=C/c2ccc(OC(C)C)c(OC)c2)c2ccccn2)cc1. The largest absolute Gasteiger partial charge is 0.494 e. The van der Waals surface area contributed by atoms with Gasteiger partial charge >= 0.3 is 0 Å². The molecule has 1 aromatic heterocycles. The fraction of sp³-hybridized carbons (Fsp3) is 0.240. The summed E-state index contributed by atoms with van der Waals surface area (Å²) in [6.07, 6.45) is 3.47. The third-order valence-corrected chi connectivity index (χ3v) is 4.23. The van der Waals surface area contributed by atoms with E-state index in [9.17, 15) is 0 Å². The number of aliphatic imine (C=N–C) groups is 1. The van der Waals surface area contributed by atoms with E-state index in [0.717, 1.165) is 17.0 Å². The number of amidine groups is 1. The van der Waals surface area contributed by atoms with Crippen LogP contribution in [0.4, 0.5) is 5.69 Å². The van der Waals surface area contributed by atoms with Crippen molar-refractivity contribution in [3.05, 3.63) is 78.1 Å². The second kappa shape index (κ2) is 11.5. The number of hydrogen-bond acceptors (Lipinski definition) is 6. The topological polar surface area (TPSA) is 77.3 Å². The molecule has 1 heterocycles. The van der Waals surface area contributed by atoms with Crippen molar-refractivity contribution in [1.29, 1.82) is 0 Å². The first kappa shape index (κ1) is 22.8. The fourth-order valence-electron chi connectivity index (χ4n) is 2.84. The van der Waals surface area contributed by atoms with E-state index in [2.05, 4.69) is 20.5 Å². The van der Waals surface area contributed by atoms with Gasteiger partial charge in [0.25, 0.3) is 0 Å². The highest BCUT2D eigenvalue weighted by molar-refractivity contribution is 5.99. The minimum absolute atomic E-state index is 0.0600. The van der Waals surface area contributed by atoms with Crippen LogP contribution in [-0.4, -0.2) is 36.9 Å². The molecule has 2 aromatic carbocycles. The van der Waals surface area contributed by atoms with Crippen molar-refractivity contribution in [3.8, 4) is 17.2 Å². The first-order chi connectivity index (χ1) is 15.6. The normalized spacial score (nSPS) is 11.6.